The van der Waals surface area contributed by atoms with Crippen molar-refractivity contribution in [3.63, 3.8) is 0 Å². The largest absolute Gasteiger partial charge is 0.427 e. The predicted octanol–water partition coefficient (Wildman–Crippen LogP) is 2.74. The average molecular weight is 192 g/mol. The predicted molar refractivity (Wildman–Crippen MR) is 56.5 cm³/mol. The van der Waals surface area contributed by atoms with Crippen LogP contribution in [0.25, 0.3) is 0 Å². The average Bonchev–Trinajstić information content (AvgIpc) is 2.16. The molecule has 0 atom stereocenters. The number of carbonyl (C=O) groups excluding carboxylic acids is 1. The lowest BCUT2D eigenvalue weighted by atomic mass is 10.1. The van der Waals surface area contributed by atoms with Crippen LogP contribution in [0.4, 0.5) is 0 Å². The summed E-state index contributed by atoms with van der Waals surface area (Å²) in [5.74, 6) is 0.397. The van der Waals surface area contributed by atoms with Crippen molar-refractivity contribution in [1.29, 1.82) is 0 Å². The first kappa shape index (κ1) is 10.8. The highest BCUT2D eigenvalue weighted by Gasteiger charge is 2.02. The van der Waals surface area contributed by atoms with Crippen LogP contribution in [0.1, 0.15) is 31.9 Å². The van der Waals surface area contributed by atoms with Crippen LogP contribution in [0.3, 0.4) is 0 Å². The van der Waals surface area contributed by atoms with Gasteiger partial charge in [0.15, 0.2) is 0 Å². The fourth-order valence-corrected chi connectivity index (χ4v) is 1.36. The molecule has 2 nitrogen and oxygen atoms in total. The molecule has 0 spiro atoms. The summed E-state index contributed by atoms with van der Waals surface area (Å²) in [6.07, 6.45) is 1.92. The first-order valence-electron chi connectivity index (χ1n) is 4.97. The molecule has 76 valence electrons. The van der Waals surface area contributed by atoms with E-state index in [0.29, 0.717) is 5.75 Å². The number of hydrogen-bond acceptors (Lipinski definition) is 2. The Morgan fingerprint density at radius 3 is 2.00 bits per heavy atom. The van der Waals surface area contributed by atoms with Gasteiger partial charge in [0, 0.05) is 6.92 Å². The normalized spacial score (nSPS) is 9.93. The fraction of sp³-hybridized carbons (Fsp3) is 0.417. The summed E-state index contributed by atoms with van der Waals surface area (Å²) in [5, 5.41) is 0. The van der Waals surface area contributed by atoms with Crippen molar-refractivity contribution in [2.45, 2.75) is 33.6 Å². The van der Waals surface area contributed by atoms with E-state index in [1.54, 1.807) is 0 Å². The second-order valence-electron chi connectivity index (χ2n) is 3.29. The van der Waals surface area contributed by atoms with Crippen molar-refractivity contribution < 1.29 is 9.53 Å². The van der Waals surface area contributed by atoms with Crippen molar-refractivity contribution in [2.24, 2.45) is 0 Å². The van der Waals surface area contributed by atoms with Crippen LogP contribution in [0.5, 0.6) is 5.75 Å². The monoisotopic (exact) mass is 192 g/mol. The number of aryl methyl sites for hydroxylation is 2. The molecule has 0 aliphatic carbocycles. The van der Waals surface area contributed by atoms with Crippen LogP contribution in [-0.4, -0.2) is 5.97 Å². The molecule has 0 aliphatic rings. The molecule has 0 heterocycles. The number of carbonyl (C=O) groups is 1. The summed E-state index contributed by atoms with van der Waals surface area (Å²) in [6, 6.07) is 5.98. The molecule has 1 rings (SSSR count). The molecule has 1 aromatic rings. The van der Waals surface area contributed by atoms with Gasteiger partial charge in [-0.05, 0) is 36.1 Å². The second-order valence-corrected chi connectivity index (χ2v) is 3.29. The van der Waals surface area contributed by atoms with Crippen LogP contribution in [0.15, 0.2) is 18.2 Å². The van der Waals surface area contributed by atoms with Crippen LogP contribution < -0.4 is 4.74 Å². The van der Waals surface area contributed by atoms with E-state index in [0.717, 1.165) is 12.8 Å². The first-order chi connectivity index (χ1) is 6.65. The summed E-state index contributed by atoms with van der Waals surface area (Å²) in [7, 11) is 0. The molecule has 0 saturated heterocycles. The quantitative estimate of drug-likeness (QED) is 0.543. The highest BCUT2D eigenvalue weighted by molar-refractivity contribution is 5.69. The summed E-state index contributed by atoms with van der Waals surface area (Å²) in [5.41, 5.74) is 2.42. The van der Waals surface area contributed by atoms with E-state index < -0.39 is 0 Å². The molecule has 0 fully saturated rings. The van der Waals surface area contributed by atoms with Crippen LogP contribution in [0.2, 0.25) is 0 Å². The Kier molecular flexibility index (Phi) is 3.69. The Balaban J connectivity index is 2.98. The van der Waals surface area contributed by atoms with E-state index in [4.69, 9.17) is 4.74 Å². The van der Waals surface area contributed by atoms with E-state index in [2.05, 4.69) is 19.9 Å². The van der Waals surface area contributed by atoms with Gasteiger partial charge in [0.2, 0.25) is 0 Å². The van der Waals surface area contributed by atoms with Crippen molar-refractivity contribution in [3.8, 4) is 5.75 Å². The minimum Gasteiger partial charge on any atom is -0.427 e. The minimum absolute atomic E-state index is 0.264. The van der Waals surface area contributed by atoms with Gasteiger partial charge in [-0.2, -0.15) is 0 Å². The highest BCUT2D eigenvalue weighted by atomic mass is 16.5. The Morgan fingerprint density at radius 2 is 1.64 bits per heavy atom. The van der Waals surface area contributed by atoms with Crippen LogP contribution in [-0.2, 0) is 17.6 Å². The molecule has 14 heavy (non-hydrogen) atoms. The standard InChI is InChI=1S/C12H16O2/c1-4-10-6-11(5-2)8-12(7-10)14-9(3)13/h6-8H,4-5H2,1-3H3. The number of rotatable bonds is 3. The Bertz CT molecular complexity index is 307. The maximum Gasteiger partial charge on any atom is 0.308 e. The lowest BCUT2D eigenvalue weighted by Gasteiger charge is -2.06. The zero-order valence-electron chi connectivity index (χ0n) is 8.96. The molecule has 0 radical (unpaired) electrons. The smallest absolute Gasteiger partial charge is 0.308 e. The van der Waals surface area contributed by atoms with Gasteiger partial charge in [0.05, 0.1) is 0 Å². The molecule has 1 aromatic carbocycles. The van der Waals surface area contributed by atoms with Gasteiger partial charge >= 0.3 is 5.97 Å². The van der Waals surface area contributed by atoms with Gasteiger partial charge in [-0.25, -0.2) is 0 Å². The molecule has 0 aromatic heterocycles. The summed E-state index contributed by atoms with van der Waals surface area (Å²) in [4.78, 5) is 10.8. The number of esters is 1. The zero-order chi connectivity index (χ0) is 10.6. The van der Waals surface area contributed by atoms with Crippen molar-refractivity contribution in [1.82, 2.24) is 0 Å². The lowest BCUT2D eigenvalue weighted by molar-refractivity contribution is -0.131. The number of hydrogen-bond donors (Lipinski definition) is 0. The van der Waals surface area contributed by atoms with E-state index >= 15 is 0 Å². The van der Waals surface area contributed by atoms with E-state index in [-0.39, 0.29) is 5.97 Å². The van der Waals surface area contributed by atoms with Gasteiger partial charge in [-0.1, -0.05) is 19.9 Å². The molecular weight excluding hydrogens is 176 g/mol. The van der Waals surface area contributed by atoms with Gasteiger partial charge in [0.1, 0.15) is 5.75 Å². The Labute approximate surface area is 84.9 Å². The molecule has 0 aliphatic heterocycles. The first-order valence-corrected chi connectivity index (χ1v) is 4.97. The summed E-state index contributed by atoms with van der Waals surface area (Å²) < 4.78 is 5.06. The molecule has 0 N–H and O–H groups in total. The third-order valence-electron chi connectivity index (χ3n) is 2.10. The maximum absolute atomic E-state index is 10.8. The van der Waals surface area contributed by atoms with Crippen molar-refractivity contribution >= 4 is 5.97 Å². The van der Waals surface area contributed by atoms with Gasteiger partial charge in [-0.3, -0.25) is 4.79 Å². The Morgan fingerprint density at radius 1 is 1.14 bits per heavy atom. The molecule has 0 saturated carbocycles. The van der Waals surface area contributed by atoms with Crippen molar-refractivity contribution in [3.05, 3.63) is 29.3 Å². The van der Waals surface area contributed by atoms with Crippen LogP contribution in [0, 0.1) is 0 Å². The second kappa shape index (κ2) is 4.80. The zero-order valence-corrected chi connectivity index (χ0v) is 8.96. The molecule has 0 bridgehead atoms. The Hall–Kier alpha value is -1.31. The fourth-order valence-electron chi connectivity index (χ4n) is 1.36. The van der Waals surface area contributed by atoms with E-state index in [1.807, 2.05) is 12.1 Å². The molecule has 0 unspecified atom stereocenters. The molecular formula is C12H16O2. The van der Waals surface area contributed by atoms with E-state index in [1.165, 1.54) is 18.1 Å². The topological polar surface area (TPSA) is 26.3 Å². The molecule has 0 amide bonds. The van der Waals surface area contributed by atoms with Crippen LogP contribution >= 0.6 is 0 Å². The van der Waals surface area contributed by atoms with E-state index in [9.17, 15) is 4.79 Å². The van der Waals surface area contributed by atoms with Gasteiger partial charge in [-0.15, -0.1) is 0 Å². The number of ether oxygens (including phenoxy) is 1. The third-order valence-corrected chi connectivity index (χ3v) is 2.10. The highest BCUT2D eigenvalue weighted by Crippen LogP contribution is 2.18. The van der Waals surface area contributed by atoms with Gasteiger partial charge < -0.3 is 4.74 Å². The SMILES string of the molecule is CCc1cc(CC)cc(OC(C)=O)c1. The van der Waals surface area contributed by atoms with Crippen molar-refractivity contribution in [2.75, 3.05) is 0 Å². The maximum atomic E-state index is 10.8. The van der Waals surface area contributed by atoms with Gasteiger partial charge in [0.25, 0.3) is 0 Å². The summed E-state index contributed by atoms with van der Waals surface area (Å²) >= 11 is 0. The minimum atomic E-state index is -0.264. The molecule has 2 heteroatoms. The third kappa shape index (κ3) is 2.87. The summed E-state index contributed by atoms with van der Waals surface area (Å²) in [6.45, 7) is 5.60. The lowest BCUT2D eigenvalue weighted by Crippen LogP contribution is -2.02. The number of benzene rings is 1.